The average molecular weight is 386 g/mol. The molecule has 1 heterocycles. The Hall–Kier alpha value is -3.60. The summed E-state index contributed by atoms with van der Waals surface area (Å²) in [5.41, 5.74) is 1.65. The Bertz CT molecular complexity index is 989. The Morgan fingerprint density at radius 1 is 0.931 bits per heavy atom. The van der Waals surface area contributed by atoms with Crippen molar-refractivity contribution < 1.29 is 14.3 Å². The molecule has 0 spiro atoms. The standard InChI is InChI=1S/C24H22N2O3/c27-23-15-19(17-26(23)16-18-9-3-1-4-10-18)24(28)25-21-13-7-8-14-22(21)29-20-11-5-2-6-12-20/h1-14,19H,15-17H2,(H,25,28)/t19-/m1/s1. The van der Waals surface area contributed by atoms with Crippen molar-refractivity contribution >= 4 is 17.5 Å². The van der Waals surface area contributed by atoms with Crippen molar-refractivity contribution in [3.8, 4) is 11.5 Å². The minimum absolute atomic E-state index is 0.00261. The van der Waals surface area contributed by atoms with Crippen LogP contribution in [0.3, 0.4) is 0 Å². The van der Waals surface area contributed by atoms with Crippen LogP contribution in [0.15, 0.2) is 84.9 Å². The van der Waals surface area contributed by atoms with Gasteiger partial charge >= 0.3 is 0 Å². The van der Waals surface area contributed by atoms with Gasteiger partial charge < -0.3 is 15.0 Å². The van der Waals surface area contributed by atoms with Crippen LogP contribution in [0, 0.1) is 5.92 Å². The van der Waals surface area contributed by atoms with E-state index in [-0.39, 0.29) is 24.2 Å². The van der Waals surface area contributed by atoms with Crippen molar-refractivity contribution in [2.45, 2.75) is 13.0 Å². The van der Waals surface area contributed by atoms with Gasteiger partial charge in [0.2, 0.25) is 11.8 Å². The molecule has 146 valence electrons. The van der Waals surface area contributed by atoms with Crippen molar-refractivity contribution in [2.75, 3.05) is 11.9 Å². The van der Waals surface area contributed by atoms with Crippen LogP contribution < -0.4 is 10.1 Å². The minimum Gasteiger partial charge on any atom is -0.455 e. The second kappa shape index (κ2) is 8.61. The first-order valence-electron chi connectivity index (χ1n) is 9.63. The highest BCUT2D eigenvalue weighted by molar-refractivity contribution is 5.98. The van der Waals surface area contributed by atoms with E-state index in [0.717, 1.165) is 5.56 Å². The lowest BCUT2D eigenvalue weighted by atomic mass is 10.1. The summed E-state index contributed by atoms with van der Waals surface area (Å²) in [4.78, 5) is 26.9. The number of hydrogen-bond acceptors (Lipinski definition) is 3. The maximum Gasteiger partial charge on any atom is 0.229 e. The number of amides is 2. The third-order valence-electron chi connectivity index (χ3n) is 4.92. The number of likely N-dealkylation sites (tertiary alicyclic amines) is 1. The first-order valence-corrected chi connectivity index (χ1v) is 9.63. The normalized spacial score (nSPS) is 15.9. The van der Waals surface area contributed by atoms with Crippen LogP contribution >= 0.6 is 0 Å². The molecule has 4 rings (SSSR count). The molecule has 5 nitrogen and oxygen atoms in total. The lowest BCUT2D eigenvalue weighted by Crippen LogP contribution is -2.28. The number of ether oxygens (including phenoxy) is 1. The fourth-order valence-corrected chi connectivity index (χ4v) is 3.41. The number of rotatable bonds is 6. The van der Waals surface area contributed by atoms with Crippen molar-refractivity contribution in [1.29, 1.82) is 0 Å². The van der Waals surface area contributed by atoms with Crippen LogP contribution in [0.4, 0.5) is 5.69 Å². The Kier molecular flexibility index (Phi) is 5.56. The van der Waals surface area contributed by atoms with Gasteiger partial charge in [-0.25, -0.2) is 0 Å². The van der Waals surface area contributed by atoms with Gasteiger partial charge in [-0.05, 0) is 29.8 Å². The largest absolute Gasteiger partial charge is 0.455 e. The minimum atomic E-state index is -0.379. The molecule has 1 atom stereocenters. The Morgan fingerprint density at radius 3 is 2.34 bits per heavy atom. The van der Waals surface area contributed by atoms with E-state index in [1.54, 1.807) is 11.0 Å². The van der Waals surface area contributed by atoms with Crippen LogP contribution in [-0.4, -0.2) is 23.3 Å². The third kappa shape index (κ3) is 4.63. The molecule has 1 N–H and O–H groups in total. The molecule has 0 unspecified atom stereocenters. The lowest BCUT2D eigenvalue weighted by molar-refractivity contribution is -0.128. The monoisotopic (exact) mass is 386 g/mol. The van der Waals surface area contributed by atoms with E-state index in [1.165, 1.54) is 0 Å². The summed E-state index contributed by atoms with van der Waals surface area (Å²) in [5.74, 6) is 0.716. The van der Waals surface area contributed by atoms with E-state index in [0.29, 0.717) is 30.3 Å². The molecule has 1 saturated heterocycles. The zero-order valence-corrected chi connectivity index (χ0v) is 16.0. The quantitative estimate of drug-likeness (QED) is 0.680. The molecule has 0 aliphatic carbocycles. The first-order chi connectivity index (χ1) is 14.2. The topological polar surface area (TPSA) is 58.6 Å². The number of carbonyl (C=O) groups is 2. The van der Waals surface area contributed by atoms with Gasteiger partial charge in [0.05, 0.1) is 11.6 Å². The number of carbonyl (C=O) groups excluding carboxylic acids is 2. The fourth-order valence-electron chi connectivity index (χ4n) is 3.41. The zero-order valence-electron chi connectivity index (χ0n) is 16.0. The molecule has 3 aromatic carbocycles. The molecule has 2 amide bonds. The predicted octanol–water partition coefficient (Wildman–Crippen LogP) is 4.47. The summed E-state index contributed by atoms with van der Waals surface area (Å²) in [6, 6.07) is 26.5. The molecule has 0 aromatic heterocycles. The summed E-state index contributed by atoms with van der Waals surface area (Å²) >= 11 is 0. The zero-order chi connectivity index (χ0) is 20.1. The van der Waals surface area contributed by atoms with Crippen LogP contribution in [-0.2, 0) is 16.1 Å². The Labute approximate surface area is 169 Å². The highest BCUT2D eigenvalue weighted by Crippen LogP contribution is 2.30. The van der Waals surface area contributed by atoms with Crippen LogP contribution in [0.25, 0.3) is 0 Å². The maximum absolute atomic E-state index is 12.8. The maximum atomic E-state index is 12.8. The molecule has 5 heteroatoms. The fraction of sp³-hybridized carbons (Fsp3) is 0.167. The summed E-state index contributed by atoms with van der Waals surface area (Å²) in [5, 5.41) is 2.93. The van der Waals surface area contributed by atoms with E-state index >= 15 is 0 Å². The molecule has 0 saturated carbocycles. The van der Waals surface area contributed by atoms with Gasteiger partial charge in [0.25, 0.3) is 0 Å². The number of nitrogens with one attached hydrogen (secondary N) is 1. The number of para-hydroxylation sites is 3. The molecule has 3 aromatic rings. The molecule has 0 radical (unpaired) electrons. The molecular formula is C24H22N2O3. The van der Waals surface area contributed by atoms with E-state index < -0.39 is 0 Å². The van der Waals surface area contributed by atoms with Gasteiger partial charge in [-0.3, -0.25) is 9.59 Å². The van der Waals surface area contributed by atoms with Gasteiger partial charge in [0.1, 0.15) is 5.75 Å². The SMILES string of the molecule is O=C(Nc1ccccc1Oc1ccccc1)[C@@H]1CC(=O)N(Cc2ccccc2)C1. The second-order valence-electron chi connectivity index (χ2n) is 7.06. The van der Waals surface area contributed by atoms with E-state index in [2.05, 4.69) is 5.32 Å². The highest BCUT2D eigenvalue weighted by atomic mass is 16.5. The van der Waals surface area contributed by atoms with Gasteiger partial charge in [-0.1, -0.05) is 60.7 Å². The van der Waals surface area contributed by atoms with Crippen molar-refractivity contribution in [3.63, 3.8) is 0 Å². The van der Waals surface area contributed by atoms with Crippen LogP contribution in [0.5, 0.6) is 11.5 Å². The number of nitrogens with zero attached hydrogens (tertiary/aromatic N) is 1. The number of hydrogen-bond donors (Lipinski definition) is 1. The van der Waals surface area contributed by atoms with Gasteiger partial charge in [0.15, 0.2) is 5.75 Å². The Morgan fingerprint density at radius 2 is 1.59 bits per heavy atom. The van der Waals surface area contributed by atoms with Gasteiger partial charge in [-0.2, -0.15) is 0 Å². The molecule has 1 fully saturated rings. The Balaban J connectivity index is 1.42. The van der Waals surface area contributed by atoms with E-state index in [9.17, 15) is 9.59 Å². The smallest absolute Gasteiger partial charge is 0.229 e. The summed E-state index contributed by atoms with van der Waals surface area (Å²) in [6.45, 7) is 0.943. The number of anilines is 1. The van der Waals surface area contributed by atoms with Crippen LogP contribution in [0.1, 0.15) is 12.0 Å². The van der Waals surface area contributed by atoms with Crippen molar-refractivity contribution in [1.82, 2.24) is 4.90 Å². The highest BCUT2D eigenvalue weighted by Gasteiger charge is 2.34. The summed E-state index contributed by atoms with van der Waals surface area (Å²) in [7, 11) is 0. The molecule has 1 aliphatic heterocycles. The second-order valence-corrected chi connectivity index (χ2v) is 7.06. The third-order valence-corrected chi connectivity index (χ3v) is 4.92. The molecule has 1 aliphatic rings. The molecular weight excluding hydrogens is 364 g/mol. The van der Waals surface area contributed by atoms with Gasteiger partial charge in [-0.15, -0.1) is 0 Å². The first kappa shape index (κ1) is 18.7. The predicted molar refractivity (Wildman–Crippen MR) is 112 cm³/mol. The van der Waals surface area contributed by atoms with E-state index in [4.69, 9.17) is 4.74 Å². The lowest BCUT2D eigenvalue weighted by Gasteiger charge is -2.17. The van der Waals surface area contributed by atoms with Crippen molar-refractivity contribution in [2.24, 2.45) is 5.92 Å². The average Bonchev–Trinajstić information content (AvgIpc) is 3.11. The summed E-state index contributed by atoms with van der Waals surface area (Å²) in [6.07, 6.45) is 0.223. The van der Waals surface area contributed by atoms with Gasteiger partial charge in [0, 0.05) is 19.5 Å². The summed E-state index contributed by atoms with van der Waals surface area (Å²) < 4.78 is 5.90. The number of benzene rings is 3. The van der Waals surface area contributed by atoms with Crippen molar-refractivity contribution in [3.05, 3.63) is 90.5 Å². The molecule has 29 heavy (non-hydrogen) atoms. The van der Waals surface area contributed by atoms with E-state index in [1.807, 2.05) is 78.9 Å². The molecule has 0 bridgehead atoms. The van der Waals surface area contributed by atoms with Crippen LogP contribution in [0.2, 0.25) is 0 Å².